The van der Waals surface area contributed by atoms with Crippen molar-refractivity contribution >= 4 is 11.9 Å². The van der Waals surface area contributed by atoms with Gasteiger partial charge in [-0.15, -0.1) is 0 Å². The van der Waals surface area contributed by atoms with Crippen LogP contribution in [0.25, 0.3) is 11.3 Å². The smallest absolute Gasteiger partial charge is 0.326 e. The molecule has 2 aromatic rings. The number of carboxylic acid groups (broad SMARTS) is 1. The number of carboxylic acids is 1. The molecule has 0 aliphatic rings. The Hall–Kier alpha value is -2.70. The van der Waals surface area contributed by atoms with Crippen LogP contribution in [0, 0.1) is 5.82 Å². The lowest BCUT2D eigenvalue weighted by atomic mass is 10.1. The van der Waals surface area contributed by atoms with Gasteiger partial charge in [-0.1, -0.05) is 31.9 Å². The second-order valence-corrected chi connectivity index (χ2v) is 5.15. The van der Waals surface area contributed by atoms with Crippen LogP contribution in [-0.2, 0) is 4.79 Å². The minimum Gasteiger partial charge on any atom is -0.480 e. The van der Waals surface area contributed by atoms with Crippen molar-refractivity contribution in [3.63, 3.8) is 0 Å². The van der Waals surface area contributed by atoms with Crippen LogP contribution in [0.15, 0.2) is 30.5 Å². The molecule has 7 heteroatoms. The molecule has 1 aromatic carbocycles. The van der Waals surface area contributed by atoms with E-state index >= 15 is 0 Å². The molecule has 23 heavy (non-hydrogen) atoms. The predicted octanol–water partition coefficient (Wildman–Crippen LogP) is 2.59. The number of hydrogen-bond acceptors (Lipinski definition) is 3. The van der Waals surface area contributed by atoms with E-state index < -0.39 is 23.7 Å². The van der Waals surface area contributed by atoms with Gasteiger partial charge < -0.3 is 10.4 Å². The maximum atomic E-state index is 13.9. The Morgan fingerprint density at radius 3 is 2.78 bits per heavy atom. The maximum absolute atomic E-state index is 13.9. The van der Waals surface area contributed by atoms with Gasteiger partial charge in [-0.2, -0.15) is 5.10 Å². The molecular formula is C16H18FN3O3. The average Bonchev–Trinajstić information content (AvgIpc) is 3.00. The summed E-state index contributed by atoms with van der Waals surface area (Å²) in [4.78, 5) is 23.6. The lowest BCUT2D eigenvalue weighted by Gasteiger charge is -2.14. The summed E-state index contributed by atoms with van der Waals surface area (Å²) in [5, 5.41) is 18.0. The van der Waals surface area contributed by atoms with Crippen LogP contribution in [-0.4, -0.2) is 33.2 Å². The number of aromatic amines is 1. The van der Waals surface area contributed by atoms with Crippen molar-refractivity contribution in [3.05, 3.63) is 41.8 Å². The van der Waals surface area contributed by atoms with Gasteiger partial charge in [0.05, 0.1) is 17.5 Å². The first-order valence-electron chi connectivity index (χ1n) is 7.36. The average molecular weight is 319 g/mol. The molecule has 6 nitrogen and oxygen atoms in total. The second-order valence-electron chi connectivity index (χ2n) is 5.15. The summed E-state index contributed by atoms with van der Waals surface area (Å²) in [7, 11) is 0. The molecule has 1 amide bonds. The van der Waals surface area contributed by atoms with Gasteiger partial charge in [-0.3, -0.25) is 9.89 Å². The molecule has 1 heterocycles. The zero-order valence-corrected chi connectivity index (χ0v) is 12.7. The minimum atomic E-state index is -1.09. The van der Waals surface area contributed by atoms with Crippen molar-refractivity contribution in [1.82, 2.24) is 15.5 Å². The van der Waals surface area contributed by atoms with E-state index in [1.807, 2.05) is 6.92 Å². The van der Waals surface area contributed by atoms with E-state index in [-0.39, 0.29) is 16.8 Å². The van der Waals surface area contributed by atoms with Crippen LogP contribution in [0.1, 0.15) is 36.5 Å². The minimum absolute atomic E-state index is 0.109. The molecule has 0 bridgehead atoms. The Morgan fingerprint density at radius 1 is 1.39 bits per heavy atom. The number of rotatable bonds is 7. The molecule has 1 atom stereocenters. The number of amides is 1. The number of aromatic nitrogens is 2. The van der Waals surface area contributed by atoms with Gasteiger partial charge >= 0.3 is 5.97 Å². The van der Waals surface area contributed by atoms with Gasteiger partial charge in [-0.25, -0.2) is 9.18 Å². The standard InChI is InChI=1S/C16H18FN3O3/c1-2-3-8-13(16(22)23)19-15(21)11-9-18-20-14(11)10-6-4-5-7-12(10)17/h4-7,9,13H,2-3,8H2,1H3,(H,18,20)(H,19,21)(H,22,23)/t13-/m0/s1. The van der Waals surface area contributed by atoms with Crippen LogP contribution in [0.5, 0.6) is 0 Å². The summed E-state index contributed by atoms with van der Waals surface area (Å²) in [5.41, 5.74) is 0.536. The number of unbranched alkanes of at least 4 members (excludes halogenated alkanes) is 1. The zero-order valence-electron chi connectivity index (χ0n) is 12.7. The zero-order chi connectivity index (χ0) is 16.8. The molecule has 0 radical (unpaired) electrons. The van der Waals surface area contributed by atoms with Gasteiger partial charge in [0.25, 0.3) is 5.91 Å². The number of nitrogens with one attached hydrogen (secondary N) is 2. The summed E-state index contributed by atoms with van der Waals surface area (Å²) in [6.45, 7) is 1.94. The molecule has 3 N–H and O–H groups in total. The topological polar surface area (TPSA) is 95.1 Å². The van der Waals surface area contributed by atoms with Crippen molar-refractivity contribution in [2.75, 3.05) is 0 Å². The highest BCUT2D eigenvalue weighted by Gasteiger charge is 2.23. The van der Waals surface area contributed by atoms with Crippen molar-refractivity contribution in [2.45, 2.75) is 32.2 Å². The number of H-pyrrole nitrogens is 1. The number of aliphatic carboxylic acids is 1. The van der Waals surface area contributed by atoms with Crippen LogP contribution < -0.4 is 5.32 Å². The maximum Gasteiger partial charge on any atom is 0.326 e. The SMILES string of the molecule is CCCC[C@H](NC(=O)c1cn[nH]c1-c1ccccc1F)C(=O)O. The largest absolute Gasteiger partial charge is 0.480 e. The van der Waals surface area contributed by atoms with Crippen LogP contribution >= 0.6 is 0 Å². The third-order valence-electron chi connectivity index (χ3n) is 3.48. The van der Waals surface area contributed by atoms with Crippen LogP contribution in [0.3, 0.4) is 0 Å². The summed E-state index contributed by atoms with van der Waals surface area (Å²) in [6, 6.07) is 5.00. The highest BCUT2D eigenvalue weighted by Crippen LogP contribution is 2.24. The van der Waals surface area contributed by atoms with E-state index in [9.17, 15) is 19.1 Å². The molecule has 122 valence electrons. The Balaban J connectivity index is 2.23. The number of carbonyl (C=O) groups excluding carboxylic acids is 1. The molecule has 0 unspecified atom stereocenters. The first-order chi connectivity index (χ1) is 11.0. The molecule has 0 fully saturated rings. The Morgan fingerprint density at radius 2 is 2.13 bits per heavy atom. The van der Waals surface area contributed by atoms with Crippen LogP contribution in [0.4, 0.5) is 4.39 Å². The summed E-state index contributed by atoms with van der Waals surface area (Å²) < 4.78 is 13.9. The molecular weight excluding hydrogens is 301 g/mol. The van der Waals surface area contributed by atoms with E-state index in [0.717, 1.165) is 6.42 Å². The quantitative estimate of drug-likeness (QED) is 0.731. The van der Waals surface area contributed by atoms with Crippen molar-refractivity contribution in [1.29, 1.82) is 0 Å². The Labute approximate surface area is 132 Å². The first-order valence-corrected chi connectivity index (χ1v) is 7.36. The van der Waals surface area contributed by atoms with E-state index in [2.05, 4.69) is 15.5 Å². The number of hydrogen-bond donors (Lipinski definition) is 3. The van der Waals surface area contributed by atoms with Crippen molar-refractivity contribution < 1.29 is 19.1 Å². The van der Waals surface area contributed by atoms with Gasteiger partial charge in [0.15, 0.2) is 0 Å². The molecule has 0 aliphatic heterocycles. The van der Waals surface area contributed by atoms with Crippen molar-refractivity contribution in [2.24, 2.45) is 0 Å². The molecule has 2 rings (SSSR count). The number of nitrogens with zero attached hydrogens (tertiary/aromatic N) is 1. The molecule has 1 aromatic heterocycles. The predicted molar refractivity (Wildman–Crippen MR) is 82.4 cm³/mol. The summed E-state index contributed by atoms with van der Waals surface area (Å²) in [6.07, 6.45) is 3.11. The molecule has 0 saturated carbocycles. The van der Waals surface area contributed by atoms with Gasteiger partial charge in [0.1, 0.15) is 11.9 Å². The lowest BCUT2D eigenvalue weighted by molar-refractivity contribution is -0.139. The van der Waals surface area contributed by atoms with Crippen molar-refractivity contribution in [3.8, 4) is 11.3 Å². The number of halogens is 1. The summed E-state index contributed by atoms with van der Waals surface area (Å²) in [5.74, 6) is -2.19. The number of carbonyl (C=O) groups is 2. The molecule has 0 spiro atoms. The monoisotopic (exact) mass is 319 g/mol. The summed E-state index contributed by atoms with van der Waals surface area (Å²) >= 11 is 0. The normalized spacial score (nSPS) is 11.9. The van der Waals surface area contributed by atoms with E-state index in [0.29, 0.717) is 12.8 Å². The molecule has 0 aliphatic carbocycles. The van der Waals surface area contributed by atoms with E-state index in [1.165, 1.54) is 18.3 Å². The third kappa shape index (κ3) is 3.94. The highest BCUT2D eigenvalue weighted by atomic mass is 19.1. The first kappa shape index (κ1) is 16.7. The lowest BCUT2D eigenvalue weighted by Crippen LogP contribution is -2.40. The Bertz CT molecular complexity index is 699. The Kier molecular flexibility index (Phi) is 5.46. The fourth-order valence-corrected chi connectivity index (χ4v) is 2.23. The fourth-order valence-electron chi connectivity index (χ4n) is 2.23. The van der Waals surface area contributed by atoms with Gasteiger partial charge in [0.2, 0.25) is 0 Å². The third-order valence-corrected chi connectivity index (χ3v) is 3.48. The highest BCUT2D eigenvalue weighted by molar-refractivity contribution is 6.01. The van der Waals surface area contributed by atoms with E-state index in [1.54, 1.807) is 12.1 Å². The molecule has 0 saturated heterocycles. The van der Waals surface area contributed by atoms with Gasteiger partial charge in [-0.05, 0) is 18.6 Å². The van der Waals surface area contributed by atoms with E-state index in [4.69, 9.17) is 0 Å². The van der Waals surface area contributed by atoms with Gasteiger partial charge in [0, 0.05) is 5.56 Å². The number of benzene rings is 1. The fraction of sp³-hybridized carbons (Fsp3) is 0.312. The second kappa shape index (κ2) is 7.53. The van der Waals surface area contributed by atoms with Crippen LogP contribution in [0.2, 0.25) is 0 Å².